The molecule has 0 spiro atoms. The molecule has 0 heterocycles. The summed E-state index contributed by atoms with van der Waals surface area (Å²) in [5.41, 5.74) is 5.81. The highest BCUT2D eigenvalue weighted by atomic mass is 16.4. The van der Waals surface area contributed by atoms with Crippen molar-refractivity contribution in [3.05, 3.63) is 11.3 Å². The maximum Gasteiger partial charge on any atom is 0.354 e. The number of rotatable bonds is 3. The fourth-order valence-corrected chi connectivity index (χ4v) is 0.586. The van der Waals surface area contributed by atoms with Crippen LogP contribution in [0.15, 0.2) is 11.3 Å². The largest absolute Gasteiger partial charge is 0.477 e. The van der Waals surface area contributed by atoms with E-state index in [-0.39, 0.29) is 0 Å². The zero-order valence-electron chi connectivity index (χ0n) is 6.64. The molecule has 4 nitrogen and oxygen atoms in total. The number of allylic oxidation sites excluding steroid dienone is 1. The number of nitrogens with two attached hydrogens (primary N) is 1. The van der Waals surface area contributed by atoms with Gasteiger partial charge >= 0.3 is 5.97 Å². The number of carboxylic acids is 1. The Morgan fingerprint density at radius 3 is 2.36 bits per heavy atom. The number of carbonyl (C=O) groups is 1. The van der Waals surface area contributed by atoms with Crippen molar-refractivity contribution in [2.75, 3.05) is 0 Å². The molecule has 0 rings (SSSR count). The highest BCUT2D eigenvalue weighted by Crippen LogP contribution is 2.03. The predicted molar refractivity (Wildman–Crippen MR) is 42.5 cm³/mol. The quantitative estimate of drug-likeness (QED) is 0.526. The number of carboxylic acid groups (broad SMARTS) is 1. The summed E-state index contributed by atoms with van der Waals surface area (Å²) in [6.07, 6.45) is 0.571. The van der Waals surface area contributed by atoms with E-state index in [1.165, 1.54) is 6.92 Å². The van der Waals surface area contributed by atoms with Crippen LogP contribution in [0.3, 0.4) is 0 Å². The van der Waals surface area contributed by atoms with E-state index >= 15 is 0 Å². The Bertz CT molecular complexity index is 218. The van der Waals surface area contributed by atoms with E-state index in [9.17, 15) is 4.79 Å². The van der Waals surface area contributed by atoms with Gasteiger partial charge in [0.05, 0.1) is 0 Å². The number of nitrogens with one attached hydrogen (secondary N) is 1. The average Bonchev–Trinajstić information content (AvgIpc) is 2.00. The van der Waals surface area contributed by atoms with Gasteiger partial charge in [-0.1, -0.05) is 6.92 Å². The van der Waals surface area contributed by atoms with E-state index in [0.29, 0.717) is 17.7 Å². The summed E-state index contributed by atoms with van der Waals surface area (Å²) in [4.78, 5) is 10.2. The molecule has 0 saturated carbocycles. The second kappa shape index (κ2) is 3.75. The van der Waals surface area contributed by atoms with Crippen molar-refractivity contribution in [2.24, 2.45) is 5.73 Å². The minimum atomic E-state index is -1.24. The van der Waals surface area contributed by atoms with Gasteiger partial charge in [0, 0.05) is 11.3 Å². The normalized spacial score (nSPS) is 12.2. The Labute approximate surface area is 65.2 Å². The zero-order chi connectivity index (χ0) is 9.02. The van der Waals surface area contributed by atoms with E-state index in [1.54, 1.807) is 0 Å². The van der Waals surface area contributed by atoms with Gasteiger partial charge in [-0.15, -0.1) is 0 Å². The molecule has 4 N–H and O–H groups in total. The van der Waals surface area contributed by atoms with Crippen molar-refractivity contribution < 1.29 is 9.90 Å². The third-order valence-electron chi connectivity index (χ3n) is 1.45. The van der Waals surface area contributed by atoms with Crippen molar-refractivity contribution in [1.82, 2.24) is 0 Å². The van der Waals surface area contributed by atoms with Gasteiger partial charge in [0.25, 0.3) is 0 Å². The Kier molecular flexibility index (Phi) is 3.30. The lowest BCUT2D eigenvalue weighted by Crippen LogP contribution is -2.16. The van der Waals surface area contributed by atoms with Crippen LogP contribution in [0.4, 0.5) is 0 Å². The van der Waals surface area contributed by atoms with Gasteiger partial charge in [-0.2, -0.15) is 0 Å². The van der Waals surface area contributed by atoms with Gasteiger partial charge in [-0.3, -0.25) is 5.41 Å². The van der Waals surface area contributed by atoms with Crippen LogP contribution < -0.4 is 5.73 Å². The summed E-state index contributed by atoms with van der Waals surface area (Å²) >= 11 is 0. The fourth-order valence-electron chi connectivity index (χ4n) is 0.586. The predicted octanol–water partition coefficient (Wildman–Crippen LogP) is 0.733. The molecule has 0 unspecified atom stereocenters. The Hall–Kier alpha value is -1.32. The monoisotopic (exact) mass is 156 g/mol. The molecule has 4 heteroatoms. The maximum atomic E-state index is 10.2. The van der Waals surface area contributed by atoms with Crippen LogP contribution in [0, 0.1) is 5.41 Å². The molecule has 62 valence electrons. The second-order valence-electron chi connectivity index (χ2n) is 2.18. The van der Waals surface area contributed by atoms with E-state index in [0.717, 1.165) is 0 Å². The molecule has 0 saturated heterocycles. The molecular weight excluding hydrogens is 144 g/mol. The van der Waals surface area contributed by atoms with Gasteiger partial charge in [-0.25, -0.2) is 4.79 Å². The summed E-state index contributed by atoms with van der Waals surface area (Å²) in [7, 11) is 0. The third kappa shape index (κ3) is 2.41. The Morgan fingerprint density at radius 2 is 2.09 bits per heavy atom. The molecule has 0 fully saturated rings. The second-order valence-corrected chi connectivity index (χ2v) is 2.18. The lowest BCUT2D eigenvalue weighted by Gasteiger charge is -2.02. The summed E-state index contributed by atoms with van der Waals surface area (Å²) in [6.45, 7) is 3.35. The van der Waals surface area contributed by atoms with Gasteiger partial charge in [-0.05, 0) is 13.3 Å². The standard InChI is InChI=1S/C7H12N2O2/c1-3-5(8)4(2)6(9)7(10)11/h9H,3,8H2,1-2H3,(H,10,11). The van der Waals surface area contributed by atoms with Crippen LogP contribution in [0.1, 0.15) is 20.3 Å². The zero-order valence-corrected chi connectivity index (χ0v) is 6.64. The summed E-state index contributed by atoms with van der Waals surface area (Å²) in [6, 6.07) is 0. The molecule has 0 aromatic carbocycles. The summed E-state index contributed by atoms with van der Waals surface area (Å²) in [5.74, 6) is -1.24. The SMILES string of the molecule is CCC(N)=C(C)C(=N)C(=O)O. The molecule has 0 atom stereocenters. The first kappa shape index (κ1) is 9.68. The Balaban J connectivity index is 4.61. The summed E-state index contributed by atoms with van der Waals surface area (Å²) in [5, 5.41) is 15.4. The molecule has 0 amide bonds. The topological polar surface area (TPSA) is 87.2 Å². The van der Waals surface area contributed by atoms with E-state index in [4.69, 9.17) is 16.2 Å². The maximum absolute atomic E-state index is 10.2. The van der Waals surface area contributed by atoms with Crippen LogP contribution in [-0.4, -0.2) is 16.8 Å². The molecule has 11 heavy (non-hydrogen) atoms. The molecule has 0 radical (unpaired) electrons. The van der Waals surface area contributed by atoms with E-state index < -0.39 is 11.7 Å². The highest BCUT2D eigenvalue weighted by molar-refractivity contribution is 6.41. The van der Waals surface area contributed by atoms with Gasteiger partial charge in [0.1, 0.15) is 5.71 Å². The first-order chi connectivity index (χ1) is 5.00. The van der Waals surface area contributed by atoms with E-state index in [2.05, 4.69) is 0 Å². The van der Waals surface area contributed by atoms with Crippen molar-refractivity contribution in [3.63, 3.8) is 0 Å². The van der Waals surface area contributed by atoms with Gasteiger partial charge in [0.2, 0.25) is 0 Å². The molecule has 0 aliphatic carbocycles. The first-order valence-corrected chi connectivity index (χ1v) is 3.28. The minimum Gasteiger partial charge on any atom is -0.477 e. The number of aliphatic carboxylic acids is 1. The molecule has 0 bridgehead atoms. The fraction of sp³-hybridized carbons (Fsp3) is 0.429. The molecule has 0 aromatic heterocycles. The first-order valence-electron chi connectivity index (χ1n) is 3.28. The lowest BCUT2D eigenvalue weighted by molar-refractivity contribution is -0.129. The molecule has 0 aromatic rings. The Morgan fingerprint density at radius 1 is 1.64 bits per heavy atom. The van der Waals surface area contributed by atoms with Gasteiger partial charge < -0.3 is 10.8 Å². The van der Waals surface area contributed by atoms with Crippen LogP contribution in [0.2, 0.25) is 0 Å². The highest BCUT2D eigenvalue weighted by Gasteiger charge is 2.10. The van der Waals surface area contributed by atoms with Crippen molar-refractivity contribution in [3.8, 4) is 0 Å². The minimum absolute atomic E-state index is 0.347. The van der Waals surface area contributed by atoms with Crippen molar-refractivity contribution >= 4 is 11.7 Å². The molecule has 0 aliphatic rings. The van der Waals surface area contributed by atoms with Crippen LogP contribution >= 0.6 is 0 Å². The lowest BCUT2D eigenvalue weighted by atomic mass is 10.1. The molecule has 0 aliphatic heterocycles. The average molecular weight is 156 g/mol. The summed E-state index contributed by atoms with van der Waals surface area (Å²) < 4.78 is 0. The van der Waals surface area contributed by atoms with Gasteiger partial charge in [0.15, 0.2) is 0 Å². The van der Waals surface area contributed by atoms with E-state index in [1.807, 2.05) is 6.92 Å². The van der Waals surface area contributed by atoms with Crippen LogP contribution in [-0.2, 0) is 4.79 Å². The number of hydrogen-bond donors (Lipinski definition) is 3. The number of hydrogen-bond acceptors (Lipinski definition) is 3. The van der Waals surface area contributed by atoms with Crippen LogP contribution in [0.25, 0.3) is 0 Å². The smallest absolute Gasteiger partial charge is 0.354 e. The van der Waals surface area contributed by atoms with Crippen molar-refractivity contribution in [1.29, 1.82) is 5.41 Å². The van der Waals surface area contributed by atoms with Crippen LogP contribution in [0.5, 0.6) is 0 Å². The van der Waals surface area contributed by atoms with Crippen molar-refractivity contribution in [2.45, 2.75) is 20.3 Å². The molecular formula is C7H12N2O2. The third-order valence-corrected chi connectivity index (χ3v) is 1.45.